The molecule has 2 unspecified atom stereocenters. The Kier molecular flexibility index (Phi) is 3.12. The molecule has 1 saturated carbocycles. The largest absolute Gasteiger partial charge is 0.308 e. The molecule has 3 nitrogen and oxygen atoms in total. The van der Waals surface area contributed by atoms with E-state index in [1.807, 2.05) is 12.4 Å². The minimum Gasteiger partial charge on any atom is -0.308 e. The van der Waals surface area contributed by atoms with Crippen molar-refractivity contribution in [2.24, 2.45) is 5.92 Å². The van der Waals surface area contributed by atoms with Gasteiger partial charge >= 0.3 is 0 Å². The van der Waals surface area contributed by atoms with Gasteiger partial charge in [-0.2, -0.15) is 0 Å². The molecule has 1 aromatic heterocycles. The van der Waals surface area contributed by atoms with Gasteiger partial charge in [-0.1, -0.05) is 0 Å². The molecule has 1 aromatic rings. The number of piperazine rings is 1. The summed E-state index contributed by atoms with van der Waals surface area (Å²) in [7, 11) is 0. The predicted molar refractivity (Wildman–Crippen MR) is 73.2 cm³/mol. The summed E-state index contributed by atoms with van der Waals surface area (Å²) in [6, 6.07) is 4.87. The third-order valence-electron chi connectivity index (χ3n) is 4.57. The zero-order valence-electron chi connectivity index (χ0n) is 11.4. The van der Waals surface area contributed by atoms with Crippen molar-refractivity contribution in [3.05, 3.63) is 30.1 Å². The van der Waals surface area contributed by atoms with Crippen molar-refractivity contribution < 1.29 is 0 Å². The van der Waals surface area contributed by atoms with Gasteiger partial charge in [-0.15, -0.1) is 0 Å². The molecule has 0 aromatic carbocycles. The topological polar surface area (TPSA) is 28.2 Å². The summed E-state index contributed by atoms with van der Waals surface area (Å²) in [6.45, 7) is 8.05. The van der Waals surface area contributed by atoms with Crippen LogP contribution in [0.5, 0.6) is 0 Å². The van der Waals surface area contributed by atoms with Crippen LogP contribution in [-0.4, -0.2) is 34.6 Å². The van der Waals surface area contributed by atoms with Gasteiger partial charge in [-0.05, 0) is 50.3 Å². The normalized spacial score (nSPS) is 33.6. The first-order chi connectivity index (χ1) is 8.67. The molecule has 1 aliphatic carbocycles. The number of rotatable bonds is 3. The van der Waals surface area contributed by atoms with E-state index in [1.165, 1.54) is 24.9 Å². The molecule has 1 aliphatic heterocycles. The lowest BCUT2D eigenvalue weighted by atomic mass is 9.91. The van der Waals surface area contributed by atoms with Gasteiger partial charge in [0.2, 0.25) is 0 Å². The molecule has 0 bridgehead atoms. The molecular formula is C15H23N3. The van der Waals surface area contributed by atoms with Crippen LogP contribution in [0.4, 0.5) is 0 Å². The van der Waals surface area contributed by atoms with Crippen LogP contribution in [0.2, 0.25) is 0 Å². The number of nitrogens with one attached hydrogen (secondary N) is 1. The molecule has 3 rings (SSSR count). The fourth-order valence-corrected chi connectivity index (χ4v) is 3.07. The lowest BCUT2D eigenvalue weighted by Crippen LogP contribution is -2.62. The Bertz CT molecular complexity index is 401. The Morgan fingerprint density at radius 3 is 2.78 bits per heavy atom. The van der Waals surface area contributed by atoms with Crippen LogP contribution in [0.15, 0.2) is 24.5 Å². The first-order valence-electron chi connectivity index (χ1n) is 7.05. The Balaban J connectivity index is 1.70. The van der Waals surface area contributed by atoms with E-state index in [0.29, 0.717) is 11.6 Å². The second-order valence-electron chi connectivity index (χ2n) is 6.18. The molecule has 0 amide bonds. The van der Waals surface area contributed by atoms with Crippen LogP contribution in [0.25, 0.3) is 0 Å². The Morgan fingerprint density at radius 1 is 1.39 bits per heavy atom. The Hall–Kier alpha value is -0.930. The van der Waals surface area contributed by atoms with E-state index >= 15 is 0 Å². The maximum Gasteiger partial charge on any atom is 0.0309 e. The summed E-state index contributed by atoms with van der Waals surface area (Å²) >= 11 is 0. The van der Waals surface area contributed by atoms with Crippen molar-refractivity contribution in [2.75, 3.05) is 13.1 Å². The molecular weight excluding hydrogens is 222 g/mol. The van der Waals surface area contributed by atoms with Crippen LogP contribution in [0.3, 0.4) is 0 Å². The molecule has 0 radical (unpaired) electrons. The lowest BCUT2D eigenvalue weighted by Gasteiger charge is -2.45. The third kappa shape index (κ3) is 2.43. The van der Waals surface area contributed by atoms with Gasteiger partial charge in [-0.3, -0.25) is 9.88 Å². The van der Waals surface area contributed by atoms with Crippen molar-refractivity contribution in [3.8, 4) is 0 Å². The number of aromatic nitrogens is 1. The molecule has 2 atom stereocenters. The fraction of sp³-hybridized carbons (Fsp3) is 0.667. The highest BCUT2D eigenvalue weighted by Crippen LogP contribution is 2.41. The van der Waals surface area contributed by atoms with Gasteiger partial charge in [0.25, 0.3) is 0 Å². The van der Waals surface area contributed by atoms with E-state index in [-0.39, 0.29) is 0 Å². The van der Waals surface area contributed by atoms with Gasteiger partial charge in [-0.25, -0.2) is 0 Å². The van der Waals surface area contributed by atoms with Gasteiger partial charge < -0.3 is 5.32 Å². The van der Waals surface area contributed by atoms with Crippen LogP contribution in [-0.2, 0) is 6.54 Å². The molecule has 1 saturated heterocycles. The van der Waals surface area contributed by atoms with E-state index in [2.05, 4.69) is 41.2 Å². The van der Waals surface area contributed by atoms with Gasteiger partial charge in [0.15, 0.2) is 0 Å². The average Bonchev–Trinajstić information content (AvgIpc) is 3.20. The second kappa shape index (κ2) is 4.63. The van der Waals surface area contributed by atoms with E-state index in [1.54, 1.807) is 0 Å². The van der Waals surface area contributed by atoms with Crippen molar-refractivity contribution in [1.29, 1.82) is 0 Å². The molecule has 2 heterocycles. The summed E-state index contributed by atoms with van der Waals surface area (Å²) in [6.07, 6.45) is 6.59. The molecule has 18 heavy (non-hydrogen) atoms. The van der Waals surface area contributed by atoms with Crippen molar-refractivity contribution >= 4 is 0 Å². The van der Waals surface area contributed by atoms with Gasteiger partial charge in [0, 0.05) is 43.6 Å². The second-order valence-corrected chi connectivity index (χ2v) is 6.18. The number of pyridine rings is 1. The minimum absolute atomic E-state index is 0.333. The highest BCUT2D eigenvalue weighted by atomic mass is 15.3. The molecule has 3 heteroatoms. The first kappa shape index (κ1) is 12.1. The highest BCUT2D eigenvalue weighted by Gasteiger charge is 2.45. The van der Waals surface area contributed by atoms with Crippen LogP contribution in [0, 0.1) is 5.92 Å². The predicted octanol–water partition coefficient (Wildman–Crippen LogP) is 2.04. The summed E-state index contributed by atoms with van der Waals surface area (Å²) < 4.78 is 0. The summed E-state index contributed by atoms with van der Waals surface area (Å²) in [5.74, 6) is 0.893. The molecule has 0 spiro atoms. The van der Waals surface area contributed by atoms with Crippen LogP contribution in [0.1, 0.15) is 32.3 Å². The number of nitrogens with zero attached hydrogens (tertiary/aromatic N) is 2. The average molecular weight is 245 g/mol. The quantitative estimate of drug-likeness (QED) is 0.883. The van der Waals surface area contributed by atoms with Crippen molar-refractivity contribution in [2.45, 2.75) is 44.8 Å². The summed E-state index contributed by atoms with van der Waals surface area (Å²) in [5.41, 5.74) is 1.71. The zero-order valence-corrected chi connectivity index (χ0v) is 11.4. The molecule has 2 aliphatic rings. The third-order valence-corrected chi connectivity index (χ3v) is 4.57. The molecule has 98 valence electrons. The highest BCUT2D eigenvalue weighted by molar-refractivity contribution is 5.11. The lowest BCUT2D eigenvalue weighted by molar-refractivity contribution is 0.0770. The zero-order chi connectivity index (χ0) is 12.6. The van der Waals surface area contributed by atoms with E-state index in [4.69, 9.17) is 0 Å². The van der Waals surface area contributed by atoms with Crippen molar-refractivity contribution in [3.63, 3.8) is 0 Å². The first-order valence-corrected chi connectivity index (χ1v) is 7.05. The monoisotopic (exact) mass is 245 g/mol. The standard InChI is InChI=1S/C15H23N3/c1-12-9-17-15(2,14-3-4-14)11-18(12)10-13-5-7-16-8-6-13/h5-8,12,14,17H,3-4,9-11H2,1-2H3. The van der Waals surface area contributed by atoms with E-state index in [9.17, 15) is 0 Å². The summed E-state index contributed by atoms with van der Waals surface area (Å²) in [5, 5.41) is 3.77. The van der Waals surface area contributed by atoms with Crippen LogP contribution < -0.4 is 5.32 Å². The van der Waals surface area contributed by atoms with E-state index < -0.39 is 0 Å². The van der Waals surface area contributed by atoms with E-state index in [0.717, 1.165) is 19.0 Å². The van der Waals surface area contributed by atoms with Crippen molar-refractivity contribution in [1.82, 2.24) is 15.2 Å². The summed E-state index contributed by atoms with van der Waals surface area (Å²) in [4.78, 5) is 6.71. The molecule has 1 N–H and O–H groups in total. The smallest absolute Gasteiger partial charge is 0.0309 e. The van der Waals surface area contributed by atoms with Gasteiger partial charge in [0.1, 0.15) is 0 Å². The number of hydrogen-bond donors (Lipinski definition) is 1. The number of hydrogen-bond acceptors (Lipinski definition) is 3. The Labute approximate surface area is 110 Å². The maximum absolute atomic E-state index is 4.09. The minimum atomic E-state index is 0.333. The Morgan fingerprint density at radius 2 is 2.11 bits per heavy atom. The maximum atomic E-state index is 4.09. The fourth-order valence-electron chi connectivity index (χ4n) is 3.07. The SMILES string of the molecule is CC1CNC(C)(C2CC2)CN1Cc1ccncc1. The van der Waals surface area contributed by atoms with Gasteiger partial charge in [0.05, 0.1) is 0 Å². The molecule has 2 fully saturated rings. The van der Waals surface area contributed by atoms with Crippen LogP contribution >= 0.6 is 0 Å².